The van der Waals surface area contributed by atoms with Crippen LogP contribution in [0.2, 0.25) is 0 Å². The first-order chi connectivity index (χ1) is 34.6. The molecule has 0 aliphatic rings. The number of carboxylic acid groups (broad SMARTS) is 1. The Kier molecular flexibility index (Phi) is 51.0. The zero-order valence-electron chi connectivity index (χ0n) is 46.9. The van der Waals surface area contributed by atoms with Gasteiger partial charge in [-0.3, -0.25) is 9.59 Å². The number of allylic oxidation sites excluding steroid dienone is 10. The molecule has 71 heavy (non-hydrogen) atoms. The van der Waals surface area contributed by atoms with E-state index >= 15 is 0 Å². The lowest BCUT2D eigenvalue weighted by molar-refractivity contribution is -0.870. The number of hydrogen-bond donors (Lipinski definition) is 1. The Balaban J connectivity index is 3.93. The molecule has 412 valence electrons. The molecule has 0 saturated heterocycles. The van der Waals surface area contributed by atoms with E-state index in [1.54, 1.807) is 0 Å². The lowest BCUT2D eigenvalue weighted by Gasteiger charge is -2.25. The smallest absolute Gasteiger partial charge is 0.361 e. The lowest BCUT2D eigenvalue weighted by atomic mass is 10.0. The van der Waals surface area contributed by atoms with Crippen LogP contribution in [-0.2, 0) is 33.3 Å². The number of hydrogen-bond acceptors (Lipinski definition) is 7. The summed E-state index contributed by atoms with van der Waals surface area (Å²) in [6.45, 7) is 4.76. The minimum Gasteiger partial charge on any atom is -0.477 e. The van der Waals surface area contributed by atoms with Crippen LogP contribution in [0.4, 0.5) is 0 Å². The molecule has 0 aromatic carbocycles. The second kappa shape index (κ2) is 53.3. The summed E-state index contributed by atoms with van der Waals surface area (Å²) in [7, 11) is 5.97. The Hall–Kier alpha value is -3.01. The molecule has 0 amide bonds. The van der Waals surface area contributed by atoms with E-state index in [-0.39, 0.29) is 32.2 Å². The molecule has 0 saturated carbocycles. The Morgan fingerprint density at radius 1 is 0.437 bits per heavy atom. The number of carbonyl (C=O) groups is 3. The summed E-state index contributed by atoms with van der Waals surface area (Å²) in [6.07, 6.45) is 64.8. The van der Waals surface area contributed by atoms with Gasteiger partial charge in [-0.25, -0.2) is 4.79 Å². The minimum absolute atomic E-state index is 0.178. The van der Waals surface area contributed by atoms with Crippen molar-refractivity contribution < 1.29 is 42.9 Å². The highest BCUT2D eigenvalue weighted by Gasteiger charge is 2.25. The highest BCUT2D eigenvalue weighted by atomic mass is 16.7. The van der Waals surface area contributed by atoms with E-state index < -0.39 is 24.3 Å². The molecule has 0 bridgehead atoms. The Morgan fingerprint density at radius 3 is 1.20 bits per heavy atom. The Labute approximate surface area is 437 Å². The van der Waals surface area contributed by atoms with Crippen LogP contribution >= 0.6 is 0 Å². The van der Waals surface area contributed by atoms with Crippen LogP contribution in [0, 0.1) is 0 Å². The first-order valence-corrected chi connectivity index (χ1v) is 29.5. The fourth-order valence-corrected chi connectivity index (χ4v) is 8.28. The van der Waals surface area contributed by atoms with Gasteiger partial charge in [0.2, 0.25) is 0 Å². The number of esters is 2. The number of likely N-dealkylation sites (N-methyl/N-ethyl adjacent to an activating group) is 1. The number of aliphatic carboxylic acids is 1. The average molecular weight is 1000 g/mol. The normalized spacial score (nSPS) is 13.2. The van der Waals surface area contributed by atoms with Crippen molar-refractivity contribution in [2.45, 2.75) is 270 Å². The number of carbonyl (C=O) groups excluding carboxylic acids is 2. The summed E-state index contributed by atoms with van der Waals surface area (Å²) in [4.78, 5) is 37.2. The van der Waals surface area contributed by atoms with Gasteiger partial charge in [0.15, 0.2) is 6.10 Å². The third kappa shape index (κ3) is 54.6. The largest absolute Gasteiger partial charge is 0.477 e. The molecule has 0 rings (SSSR count). The molecular formula is C62H112NO8+. The first kappa shape index (κ1) is 68.0. The minimum atomic E-state index is -1.51. The molecule has 0 radical (unpaired) electrons. The predicted molar refractivity (Wildman–Crippen MR) is 300 cm³/mol. The van der Waals surface area contributed by atoms with Crippen molar-refractivity contribution in [3.05, 3.63) is 60.8 Å². The van der Waals surface area contributed by atoms with Gasteiger partial charge < -0.3 is 28.5 Å². The van der Waals surface area contributed by atoms with E-state index in [0.717, 1.165) is 70.6 Å². The van der Waals surface area contributed by atoms with Crippen LogP contribution in [0.3, 0.4) is 0 Å². The molecule has 0 fully saturated rings. The maximum atomic E-state index is 12.8. The van der Waals surface area contributed by atoms with Crippen molar-refractivity contribution in [3.63, 3.8) is 0 Å². The van der Waals surface area contributed by atoms with Crippen molar-refractivity contribution in [3.8, 4) is 0 Å². The first-order valence-electron chi connectivity index (χ1n) is 29.5. The maximum Gasteiger partial charge on any atom is 0.361 e. The summed E-state index contributed by atoms with van der Waals surface area (Å²) in [5.74, 6) is -2.00. The van der Waals surface area contributed by atoms with E-state index in [4.69, 9.17) is 18.9 Å². The standard InChI is InChI=1S/C62H111NO8/c1-6-8-10-12-14-16-17-18-19-20-21-22-23-24-25-26-27-28-29-30-31-32-33-34-35-36-37-38-39-40-41-42-43-45-47-49-51-53-60(65)71-58(57-70-62(61(66)67)68-55-54-63(3,4)5)56-69-59(64)52-50-48-46-44-15-13-11-9-7-2/h8,10,14,16,18-19,21-22,24-25,58,62H,6-7,9,11-13,15,17,20,23,26-57H2,1-5H3/p+1/b10-8-,16-14-,19-18-,22-21-,25-24-. The monoisotopic (exact) mass is 999 g/mol. The van der Waals surface area contributed by atoms with Crippen LogP contribution in [0.25, 0.3) is 0 Å². The van der Waals surface area contributed by atoms with Gasteiger partial charge in [-0.1, -0.05) is 248 Å². The lowest BCUT2D eigenvalue weighted by Crippen LogP contribution is -2.40. The van der Waals surface area contributed by atoms with E-state index in [1.165, 1.54) is 161 Å². The molecule has 0 aromatic rings. The fraction of sp³-hybridized carbons (Fsp3) is 0.790. The number of carboxylic acids is 1. The molecule has 2 unspecified atom stereocenters. The second-order valence-electron chi connectivity index (χ2n) is 20.9. The van der Waals surface area contributed by atoms with Crippen LogP contribution in [-0.4, -0.2) is 87.4 Å². The van der Waals surface area contributed by atoms with Crippen molar-refractivity contribution in [1.82, 2.24) is 0 Å². The number of rotatable bonds is 54. The summed E-state index contributed by atoms with van der Waals surface area (Å²) in [6, 6.07) is 0. The van der Waals surface area contributed by atoms with Crippen LogP contribution in [0.15, 0.2) is 60.8 Å². The molecule has 9 heteroatoms. The van der Waals surface area contributed by atoms with Gasteiger partial charge in [0.05, 0.1) is 34.4 Å². The van der Waals surface area contributed by atoms with E-state index in [0.29, 0.717) is 17.4 Å². The molecular weight excluding hydrogens is 887 g/mol. The quantitative estimate of drug-likeness (QED) is 0.0211. The zero-order chi connectivity index (χ0) is 52.0. The predicted octanol–water partition coefficient (Wildman–Crippen LogP) is 17.2. The Bertz CT molecular complexity index is 1350. The highest BCUT2D eigenvalue weighted by molar-refractivity contribution is 5.71. The number of nitrogens with zero attached hydrogens (tertiary/aromatic N) is 1. The maximum absolute atomic E-state index is 12.8. The summed E-state index contributed by atoms with van der Waals surface area (Å²) in [5, 5.41) is 9.66. The van der Waals surface area contributed by atoms with E-state index in [1.807, 2.05) is 21.1 Å². The topological polar surface area (TPSA) is 108 Å². The van der Waals surface area contributed by atoms with Crippen LogP contribution in [0.5, 0.6) is 0 Å². The van der Waals surface area contributed by atoms with E-state index in [9.17, 15) is 19.5 Å². The third-order valence-electron chi connectivity index (χ3n) is 12.8. The van der Waals surface area contributed by atoms with Crippen LogP contribution < -0.4 is 0 Å². The van der Waals surface area contributed by atoms with Crippen LogP contribution in [0.1, 0.15) is 258 Å². The fourth-order valence-electron chi connectivity index (χ4n) is 8.28. The van der Waals surface area contributed by atoms with Crippen molar-refractivity contribution in [2.24, 2.45) is 0 Å². The summed E-state index contributed by atoms with van der Waals surface area (Å²) < 4.78 is 22.8. The van der Waals surface area contributed by atoms with E-state index in [2.05, 4.69) is 74.6 Å². The number of unbranched alkanes of at least 4 members (excludes halogenated alkanes) is 29. The van der Waals surface area contributed by atoms with Gasteiger partial charge in [0, 0.05) is 12.8 Å². The molecule has 0 aliphatic carbocycles. The average Bonchev–Trinajstić information content (AvgIpc) is 3.34. The number of ether oxygens (including phenoxy) is 4. The SMILES string of the molecule is CC/C=C\C/C=C\C/C=C\C/C=C\C/C=C\CCCCCCCCCCCCCCCCCCCCCCCC(=O)OC(COC(=O)CCCCCCCCCCC)COC(OCC[N+](C)(C)C)C(=O)O. The molecule has 0 heterocycles. The Morgan fingerprint density at radius 2 is 0.803 bits per heavy atom. The molecule has 0 aliphatic heterocycles. The van der Waals surface area contributed by atoms with Gasteiger partial charge in [0.25, 0.3) is 6.29 Å². The highest BCUT2D eigenvalue weighted by Crippen LogP contribution is 2.17. The van der Waals surface area contributed by atoms with Crippen molar-refractivity contribution in [2.75, 3.05) is 47.5 Å². The molecule has 0 aromatic heterocycles. The van der Waals surface area contributed by atoms with Crippen molar-refractivity contribution in [1.29, 1.82) is 0 Å². The third-order valence-corrected chi connectivity index (χ3v) is 12.8. The van der Waals surface area contributed by atoms with Gasteiger partial charge >= 0.3 is 17.9 Å². The van der Waals surface area contributed by atoms with Crippen molar-refractivity contribution >= 4 is 17.9 Å². The van der Waals surface area contributed by atoms with Gasteiger partial charge in [0.1, 0.15) is 13.2 Å². The second-order valence-corrected chi connectivity index (χ2v) is 20.9. The molecule has 1 N–H and O–H groups in total. The molecule has 2 atom stereocenters. The molecule has 0 spiro atoms. The summed E-state index contributed by atoms with van der Waals surface area (Å²) in [5.41, 5.74) is 0. The number of quaternary nitrogens is 1. The van der Waals surface area contributed by atoms with Gasteiger partial charge in [-0.05, 0) is 57.8 Å². The zero-order valence-corrected chi connectivity index (χ0v) is 46.9. The summed E-state index contributed by atoms with van der Waals surface area (Å²) >= 11 is 0. The van der Waals surface area contributed by atoms with Gasteiger partial charge in [-0.2, -0.15) is 0 Å². The molecule has 9 nitrogen and oxygen atoms in total. The van der Waals surface area contributed by atoms with Gasteiger partial charge in [-0.15, -0.1) is 0 Å².